The Kier molecular flexibility index (Phi) is 17.8. The van der Waals surface area contributed by atoms with Crippen molar-refractivity contribution < 1.29 is 42.1 Å². The maximum absolute atomic E-state index is 12.2. The standard InChI is InChI=1S/C23H46NO8P/c1-6-8-10-11-12-13-14-16-23(26)32-21(19-29-22(25)15-9-7-2)20-31-33(27,28)30-18-17-24(3,4)5/h21H,2,6-20H2,1,3-5H3,(H,27,28)/t21-/m1/s1. The van der Waals surface area contributed by atoms with Crippen LogP contribution in [-0.4, -0.2) is 74.9 Å². The first-order valence-electron chi connectivity index (χ1n) is 12.1. The molecule has 0 aliphatic carbocycles. The van der Waals surface area contributed by atoms with Crippen LogP contribution < -0.4 is 0 Å². The maximum atomic E-state index is 12.2. The molecule has 0 aliphatic heterocycles. The van der Waals surface area contributed by atoms with Crippen LogP contribution in [0.4, 0.5) is 0 Å². The van der Waals surface area contributed by atoms with E-state index in [-0.39, 0.29) is 26.1 Å². The normalized spacial score (nSPS) is 14.5. The molecule has 0 saturated carbocycles. The summed E-state index contributed by atoms with van der Waals surface area (Å²) in [5.41, 5.74) is 0. The maximum Gasteiger partial charge on any atom is 0.472 e. The minimum absolute atomic E-state index is 0.0278. The van der Waals surface area contributed by atoms with Gasteiger partial charge in [0.1, 0.15) is 19.8 Å². The molecule has 1 N–H and O–H groups in total. The Morgan fingerprint density at radius 1 is 0.909 bits per heavy atom. The number of phosphoric ester groups is 1. The van der Waals surface area contributed by atoms with Crippen molar-refractivity contribution in [3.8, 4) is 0 Å². The number of unbranched alkanes of at least 4 members (excludes halogenated alkanes) is 7. The zero-order valence-corrected chi connectivity index (χ0v) is 22.0. The molecule has 0 aromatic carbocycles. The van der Waals surface area contributed by atoms with E-state index in [4.69, 9.17) is 18.5 Å². The summed E-state index contributed by atoms with van der Waals surface area (Å²) < 4.78 is 33.2. The first-order valence-corrected chi connectivity index (χ1v) is 13.5. The van der Waals surface area contributed by atoms with Gasteiger partial charge in [0.15, 0.2) is 6.10 Å². The van der Waals surface area contributed by atoms with Gasteiger partial charge in [-0.2, -0.15) is 6.42 Å². The third-order valence-corrected chi connectivity index (χ3v) is 5.77. The molecular formula is C23H46NO8P. The molecule has 0 amide bonds. The smallest absolute Gasteiger partial charge is 0.462 e. The predicted octanol–water partition coefficient (Wildman–Crippen LogP) is 4.43. The van der Waals surface area contributed by atoms with Gasteiger partial charge in [-0.15, -0.1) is 0 Å². The van der Waals surface area contributed by atoms with Crippen LogP contribution in [0.25, 0.3) is 0 Å². The second kappa shape index (κ2) is 18.4. The largest absolute Gasteiger partial charge is 0.472 e. The van der Waals surface area contributed by atoms with E-state index in [2.05, 4.69) is 13.8 Å². The SMILES string of the molecule is [CH2-]CCCC(=O)OC[C@H](COP(=O)(O)OCC[N+](C)(C)C)OC(=O)CCCCCCCCC. The van der Waals surface area contributed by atoms with Crippen molar-refractivity contribution in [2.24, 2.45) is 0 Å². The lowest BCUT2D eigenvalue weighted by atomic mass is 10.1. The van der Waals surface area contributed by atoms with E-state index >= 15 is 0 Å². The first-order chi connectivity index (χ1) is 15.5. The number of esters is 2. The Bertz CT molecular complexity index is 579. The van der Waals surface area contributed by atoms with Crippen LogP contribution >= 0.6 is 7.82 Å². The average molecular weight is 496 g/mol. The summed E-state index contributed by atoms with van der Waals surface area (Å²) in [6.07, 6.45) is 8.13. The zero-order valence-electron chi connectivity index (χ0n) is 21.1. The molecule has 0 bridgehead atoms. The van der Waals surface area contributed by atoms with Gasteiger partial charge in [-0.1, -0.05) is 51.9 Å². The number of hydrogen-bond donors (Lipinski definition) is 1. The summed E-state index contributed by atoms with van der Waals surface area (Å²) in [7, 11) is 1.45. The average Bonchev–Trinajstić information content (AvgIpc) is 2.72. The fourth-order valence-corrected chi connectivity index (χ4v) is 3.50. The molecule has 196 valence electrons. The van der Waals surface area contributed by atoms with Crippen molar-refractivity contribution in [1.29, 1.82) is 0 Å². The van der Waals surface area contributed by atoms with Gasteiger partial charge in [-0.25, -0.2) is 4.57 Å². The third-order valence-electron chi connectivity index (χ3n) is 4.78. The first kappa shape index (κ1) is 32.0. The Hall–Kier alpha value is -0.990. The summed E-state index contributed by atoms with van der Waals surface area (Å²) in [6, 6.07) is 0. The molecule has 2 atom stereocenters. The third kappa shape index (κ3) is 21.3. The Labute approximate surface area is 200 Å². The van der Waals surface area contributed by atoms with Gasteiger partial charge >= 0.3 is 19.8 Å². The topological polar surface area (TPSA) is 108 Å². The minimum atomic E-state index is -4.33. The van der Waals surface area contributed by atoms with E-state index in [1.54, 1.807) is 0 Å². The summed E-state index contributed by atoms with van der Waals surface area (Å²) >= 11 is 0. The van der Waals surface area contributed by atoms with E-state index in [0.29, 0.717) is 30.3 Å². The number of rotatable bonds is 21. The monoisotopic (exact) mass is 495 g/mol. The molecule has 0 aromatic heterocycles. The van der Waals surface area contributed by atoms with Gasteiger partial charge in [0.05, 0.1) is 27.7 Å². The number of hydrogen-bond acceptors (Lipinski definition) is 7. The summed E-state index contributed by atoms with van der Waals surface area (Å²) in [4.78, 5) is 33.9. The lowest BCUT2D eigenvalue weighted by Crippen LogP contribution is -2.37. The second-order valence-electron chi connectivity index (χ2n) is 9.23. The van der Waals surface area contributed by atoms with E-state index in [1.165, 1.54) is 19.3 Å². The molecule has 0 rings (SSSR count). The van der Waals surface area contributed by atoms with E-state index in [0.717, 1.165) is 19.3 Å². The predicted molar refractivity (Wildman–Crippen MR) is 127 cm³/mol. The molecule has 1 unspecified atom stereocenters. The highest BCUT2D eigenvalue weighted by Gasteiger charge is 2.26. The molecule has 0 aliphatic rings. The molecule has 0 fully saturated rings. The van der Waals surface area contributed by atoms with Gasteiger partial charge in [0.25, 0.3) is 0 Å². The Balaban J connectivity index is 4.56. The van der Waals surface area contributed by atoms with Gasteiger partial charge in [0.2, 0.25) is 0 Å². The van der Waals surface area contributed by atoms with Crippen LogP contribution in [0.2, 0.25) is 0 Å². The summed E-state index contributed by atoms with van der Waals surface area (Å²) in [6.45, 7) is 5.71. The van der Waals surface area contributed by atoms with Crippen LogP contribution in [0.15, 0.2) is 0 Å². The lowest BCUT2D eigenvalue weighted by Gasteiger charge is -2.24. The number of nitrogens with zero attached hydrogens (tertiary/aromatic N) is 1. The highest BCUT2D eigenvalue weighted by molar-refractivity contribution is 7.47. The van der Waals surface area contributed by atoms with Gasteiger partial charge < -0.3 is 25.8 Å². The van der Waals surface area contributed by atoms with Crippen LogP contribution in [0.5, 0.6) is 0 Å². The van der Waals surface area contributed by atoms with Crippen molar-refractivity contribution in [1.82, 2.24) is 0 Å². The summed E-state index contributed by atoms with van der Waals surface area (Å²) in [5.74, 6) is -0.900. The number of carbonyl (C=O) groups excluding carboxylic acids is 2. The molecular weight excluding hydrogens is 449 g/mol. The molecule has 10 heteroatoms. The fourth-order valence-electron chi connectivity index (χ4n) is 2.76. The number of carbonyl (C=O) groups is 2. The minimum Gasteiger partial charge on any atom is -0.462 e. The number of phosphoric acid groups is 1. The van der Waals surface area contributed by atoms with Crippen molar-refractivity contribution in [2.75, 3.05) is 47.5 Å². The second-order valence-corrected chi connectivity index (χ2v) is 10.7. The zero-order chi connectivity index (χ0) is 25.2. The molecule has 0 aromatic rings. The number of ether oxygens (including phenoxy) is 2. The Morgan fingerprint density at radius 2 is 1.52 bits per heavy atom. The van der Waals surface area contributed by atoms with Crippen molar-refractivity contribution in [3.05, 3.63) is 6.92 Å². The van der Waals surface area contributed by atoms with Crippen LogP contribution in [-0.2, 0) is 32.7 Å². The van der Waals surface area contributed by atoms with Crippen molar-refractivity contribution >= 4 is 19.8 Å². The molecule has 0 radical (unpaired) electrons. The van der Waals surface area contributed by atoms with Crippen molar-refractivity contribution in [3.63, 3.8) is 0 Å². The van der Waals surface area contributed by atoms with E-state index < -0.39 is 32.5 Å². The molecule has 0 spiro atoms. The fraction of sp³-hybridized carbons (Fsp3) is 0.870. The molecule has 0 saturated heterocycles. The number of likely N-dealkylation sites (N-methyl/N-ethyl adjacent to an activating group) is 1. The lowest BCUT2D eigenvalue weighted by molar-refractivity contribution is -0.870. The van der Waals surface area contributed by atoms with Gasteiger partial charge in [-0.3, -0.25) is 18.6 Å². The van der Waals surface area contributed by atoms with Crippen molar-refractivity contribution in [2.45, 2.75) is 83.7 Å². The number of quaternary nitrogens is 1. The van der Waals surface area contributed by atoms with Gasteiger partial charge in [0, 0.05) is 12.8 Å². The van der Waals surface area contributed by atoms with Crippen LogP contribution in [0.1, 0.15) is 77.6 Å². The summed E-state index contributed by atoms with van der Waals surface area (Å²) in [5, 5.41) is 0. The van der Waals surface area contributed by atoms with E-state index in [1.807, 2.05) is 21.1 Å². The van der Waals surface area contributed by atoms with Gasteiger partial charge in [-0.05, 0) is 6.42 Å². The highest BCUT2D eigenvalue weighted by atomic mass is 31.2. The van der Waals surface area contributed by atoms with Crippen LogP contribution in [0.3, 0.4) is 0 Å². The highest BCUT2D eigenvalue weighted by Crippen LogP contribution is 2.43. The molecule has 9 nitrogen and oxygen atoms in total. The molecule has 0 heterocycles. The van der Waals surface area contributed by atoms with E-state index in [9.17, 15) is 19.0 Å². The Morgan fingerprint density at radius 3 is 2.12 bits per heavy atom. The molecule has 33 heavy (non-hydrogen) atoms. The quantitative estimate of drug-likeness (QED) is 0.0819. The van der Waals surface area contributed by atoms with Crippen LogP contribution in [0, 0.1) is 6.92 Å².